The largest absolute Gasteiger partial charge is 0.491 e. The van der Waals surface area contributed by atoms with E-state index in [4.69, 9.17) is 9.47 Å². The van der Waals surface area contributed by atoms with Crippen LogP contribution in [0.2, 0.25) is 0 Å². The van der Waals surface area contributed by atoms with Gasteiger partial charge in [-0.15, -0.1) is 0 Å². The molecule has 0 aliphatic carbocycles. The molecule has 0 aliphatic heterocycles. The fraction of sp³-hybridized carbons (Fsp3) is 0.333. The molecule has 2 heteroatoms. The lowest BCUT2D eigenvalue weighted by atomic mass is 9.95. The van der Waals surface area contributed by atoms with Crippen LogP contribution in [0.25, 0.3) is 22.3 Å². The molecule has 0 heterocycles. The van der Waals surface area contributed by atoms with Gasteiger partial charge >= 0.3 is 0 Å². The maximum atomic E-state index is 5.89. The first-order chi connectivity index (χ1) is 14.0. The van der Waals surface area contributed by atoms with Crippen molar-refractivity contribution in [2.45, 2.75) is 59.7 Å². The summed E-state index contributed by atoms with van der Waals surface area (Å²) in [6.07, 6.45) is 2.49. The van der Waals surface area contributed by atoms with Crippen LogP contribution in [-0.2, 0) is 0 Å². The van der Waals surface area contributed by atoms with Crippen LogP contribution in [-0.4, -0.2) is 12.2 Å². The summed E-state index contributed by atoms with van der Waals surface area (Å²) in [7, 11) is 0. The molecule has 0 fully saturated rings. The second-order valence-electron chi connectivity index (χ2n) is 7.75. The van der Waals surface area contributed by atoms with E-state index in [1.807, 2.05) is 0 Å². The number of aryl methyl sites for hydroxylation is 1. The Morgan fingerprint density at radius 2 is 1.07 bits per heavy atom. The molecule has 3 rings (SSSR count). The molecule has 0 aliphatic rings. The monoisotopic (exact) mass is 388 g/mol. The third-order valence-corrected chi connectivity index (χ3v) is 5.40. The van der Waals surface area contributed by atoms with E-state index in [-0.39, 0.29) is 12.2 Å². The van der Waals surface area contributed by atoms with Gasteiger partial charge in [-0.25, -0.2) is 0 Å². The number of benzene rings is 3. The van der Waals surface area contributed by atoms with Crippen LogP contribution in [0.4, 0.5) is 0 Å². The number of ether oxygens (including phenoxy) is 2. The van der Waals surface area contributed by atoms with Gasteiger partial charge in [-0.3, -0.25) is 0 Å². The highest BCUT2D eigenvalue weighted by Crippen LogP contribution is 2.30. The Balaban J connectivity index is 1.76. The Kier molecular flexibility index (Phi) is 6.98. The second kappa shape index (κ2) is 9.65. The maximum Gasteiger partial charge on any atom is 0.119 e. The van der Waals surface area contributed by atoms with Crippen molar-refractivity contribution in [3.63, 3.8) is 0 Å². The molecular formula is C27H32O2. The van der Waals surface area contributed by atoms with Gasteiger partial charge in [0, 0.05) is 0 Å². The van der Waals surface area contributed by atoms with Crippen molar-refractivity contribution in [2.75, 3.05) is 0 Å². The molecule has 0 spiro atoms. The van der Waals surface area contributed by atoms with Gasteiger partial charge in [-0.1, -0.05) is 56.3 Å². The minimum Gasteiger partial charge on any atom is -0.491 e. The summed E-state index contributed by atoms with van der Waals surface area (Å²) in [5.74, 6) is 1.85. The summed E-state index contributed by atoms with van der Waals surface area (Å²) in [6, 6.07) is 23.4. The average Bonchev–Trinajstić information content (AvgIpc) is 2.74. The zero-order valence-corrected chi connectivity index (χ0v) is 18.2. The topological polar surface area (TPSA) is 18.5 Å². The van der Waals surface area contributed by atoms with Crippen LogP contribution >= 0.6 is 0 Å². The highest BCUT2D eigenvalue weighted by atomic mass is 16.5. The normalized spacial score (nSPS) is 13.0. The molecule has 2 nitrogen and oxygen atoms in total. The predicted molar refractivity (Wildman–Crippen MR) is 123 cm³/mol. The highest BCUT2D eigenvalue weighted by molar-refractivity contribution is 5.74. The minimum atomic E-state index is 0.240. The lowest BCUT2D eigenvalue weighted by molar-refractivity contribution is 0.217. The van der Waals surface area contributed by atoms with Gasteiger partial charge in [-0.2, -0.15) is 0 Å². The summed E-state index contributed by atoms with van der Waals surface area (Å²) in [6.45, 7) is 10.6. The Morgan fingerprint density at radius 1 is 0.621 bits per heavy atom. The summed E-state index contributed by atoms with van der Waals surface area (Å²) in [5, 5.41) is 0. The van der Waals surface area contributed by atoms with Gasteiger partial charge < -0.3 is 9.47 Å². The van der Waals surface area contributed by atoms with Crippen molar-refractivity contribution in [2.24, 2.45) is 0 Å². The molecule has 3 aromatic carbocycles. The van der Waals surface area contributed by atoms with Crippen LogP contribution in [0.3, 0.4) is 0 Å². The average molecular weight is 389 g/mol. The predicted octanol–water partition coefficient (Wildman–Crippen LogP) is 7.68. The zero-order chi connectivity index (χ0) is 20.8. The lowest BCUT2D eigenvalue weighted by Gasteiger charge is -2.14. The van der Waals surface area contributed by atoms with Crippen molar-refractivity contribution >= 4 is 0 Å². The molecule has 152 valence electrons. The second-order valence-corrected chi connectivity index (χ2v) is 7.75. The molecular weight excluding hydrogens is 356 g/mol. The van der Waals surface area contributed by atoms with Gasteiger partial charge in [0.15, 0.2) is 0 Å². The first-order valence-corrected chi connectivity index (χ1v) is 10.6. The SMILES string of the molecule is CC[C@H](C)Oc1ccc(-c2ccc(-c3ccc(O[C@@H](C)CC)cc3)c(C)c2)cc1. The van der Waals surface area contributed by atoms with Gasteiger partial charge in [0.1, 0.15) is 11.5 Å². The van der Waals surface area contributed by atoms with Crippen LogP contribution in [0, 0.1) is 6.92 Å². The third kappa shape index (κ3) is 5.41. The molecule has 0 N–H and O–H groups in total. The summed E-state index contributed by atoms with van der Waals surface area (Å²) >= 11 is 0. The molecule has 0 radical (unpaired) electrons. The van der Waals surface area contributed by atoms with E-state index < -0.39 is 0 Å². The number of hydrogen-bond donors (Lipinski definition) is 0. The molecule has 0 saturated carbocycles. The van der Waals surface area contributed by atoms with Crippen molar-refractivity contribution in [1.82, 2.24) is 0 Å². The minimum absolute atomic E-state index is 0.240. The van der Waals surface area contributed by atoms with E-state index in [0.29, 0.717) is 0 Å². The number of rotatable bonds is 8. The first-order valence-electron chi connectivity index (χ1n) is 10.6. The third-order valence-electron chi connectivity index (χ3n) is 5.40. The number of hydrogen-bond acceptors (Lipinski definition) is 2. The van der Waals surface area contributed by atoms with Gasteiger partial charge in [0.25, 0.3) is 0 Å². The maximum absolute atomic E-state index is 5.89. The Hall–Kier alpha value is -2.74. The summed E-state index contributed by atoms with van der Waals surface area (Å²) < 4.78 is 11.8. The van der Waals surface area contributed by atoms with Crippen LogP contribution in [0.15, 0.2) is 66.7 Å². The van der Waals surface area contributed by atoms with E-state index >= 15 is 0 Å². The standard InChI is InChI=1S/C27H32O2/c1-6-20(4)28-25-13-8-22(9-14-25)24-12-17-27(19(3)18-24)23-10-15-26(16-11-23)29-21(5)7-2/h8-18,20-21H,6-7H2,1-5H3/t20-,21-/m0/s1. The van der Waals surface area contributed by atoms with Gasteiger partial charge in [-0.05, 0) is 85.7 Å². The molecule has 0 amide bonds. The van der Waals surface area contributed by atoms with Gasteiger partial charge in [0.05, 0.1) is 12.2 Å². The molecule has 0 saturated heterocycles. The van der Waals surface area contributed by atoms with E-state index in [1.165, 1.54) is 27.8 Å². The van der Waals surface area contributed by atoms with E-state index in [0.717, 1.165) is 24.3 Å². The van der Waals surface area contributed by atoms with E-state index in [1.54, 1.807) is 0 Å². The van der Waals surface area contributed by atoms with E-state index in [2.05, 4.69) is 101 Å². The van der Waals surface area contributed by atoms with Crippen molar-refractivity contribution in [3.05, 3.63) is 72.3 Å². The van der Waals surface area contributed by atoms with Crippen molar-refractivity contribution in [1.29, 1.82) is 0 Å². The van der Waals surface area contributed by atoms with Crippen LogP contribution in [0.1, 0.15) is 46.1 Å². The molecule has 29 heavy (non-hydrogen) atoms. The van der Waals surface area contributed by atoms with Crippen LogP contribution in [0.5, 0.6) is 11.5 Å². The summed E-state index contributed by atoms with van der Waals surface area (Å²) in [5.41, 5.74) is 6.15. The molecule has 2 atom stereocenters. The Morgan fingerprint density at radius 3 is 1.52 bits per heavy atom. The smallest absolute Gasteiger partial charge is 0.119 e. The molecule has 0 aromatic heterocycles. The Bertz CT molecular complexity index is 910. The molecule has 0 bridgehead atoms. The van der Waals surface area contributed by atoms with E-state index in [9.17, 15) is 0 Å². The fourth-order valence-corrected chi connectivity index (χ4v) is 3.24. The Labute approximate surface area is 175 Å². The van der Waals surface area contributed by atoms with Crippen LogP contribution < -0.4 is 9.47 Å². The zero-order valence-electron chi connectivity index (χ0n) is 18.2. The summed E-state index contributed by atoms with van der Waals surface area (Å²) in [4.78, 5) is 0. The quantitative estimate of drug-likeness (QED) is 0.394. The molecule has 3 aromatic rings. The fourth-order valence-electron chi connectivity index (χ4n) is 3.24. The van der Waals surface area contributed by atoms with Crippen molar-refractivity contribution in [3.8, 4) is 33.8 Å². The van der Waals surface area contributed by atoms with Gasteiger partial charge in [0.2, 0.25) is 0 Å². The first kappa shape index (κ1) is 21.0. The highest BCUT2D eigenvalue weighted by Gasteiger charge is 2.07. The van der Waals surface area contributed by atoms with Crippen molar-refractivity contribution < 1.29 is 9.47 Å². The molecule has 0 unspecified atom stereocenters. The lowest BCUT2D eigenvalue weighted by Crippen LogP contribution is -2.09.